The summed E-state index contributed by atoms with van der Waals surface area (Å²) in [6.07, 6.45) is -0.713. The summed E-state index contributed by atoms with van der Waals surface area (Å²) in [6.45, 7) is 14.4. The summed E-state index contributed by atoms with van der Waals surface area (Å²) < 4.78 is 4.78. The van der Waals surface area contributed by atoms with Crippen molar-refractivity contribution in [1.29, 1.82) is 0 Å². The van der Waals surface area contributed by atoms with Gasteiger partial charge in [0.2, 0.25) is 0 Å². The van der Waals surface area contributed by atoms with Gasteiger partial charge in [0.15, 0.2) is 0 Å². The van der Waals surface area contributed by atoms with Gasteiger partial charge >= 0.3 is 0 Å². The molecule has 0 rings (SSSR count). The molecule has 0 aliphatic carbocycles. The Morgan fingerprint density at radius 2 is 1.67 bits per heavy atom. The lowest BCUT2D eigenvalue weighted by Crippen LogP contribution is -2.19. The Balaban J connectivity index is -0.000000175. The second-order valence-corrected chi connectivity index (χ2v) is 1.50. The normalized spacial score (nSPS) is 9.92. The maximum Gasteiger partial charge on any atom is 0.100 e. The molecule has 0 aliphatic heterocycles. The largest absolute Gasteiger partial charge is 0.394 e. The topological polar surface area (TPSA) is 49.7 Å². The second kappa shape index (κ2) is 22.4. The minimum absolute atomic E-state index is 0.222. The highest BCUT2D eigenvalue weighted by molar-refractivity contribution is 4.47. The van der Waals surface area contributed by atoms with Crippen LogP contribution in [0.4, 0.5) is 0 Å². The zero-order chi connectivity index (χ0) is 10.4. The van der Waals surface area contributed by atoms with Crippen LogP contribution in [0.5, 0.6) is 0 Å². The molecule has 1 atom stereocenters. The molecule has 0 bridgehead atoms. The van der Waals surface area contributed by atoms with Crippen LogP contribution in [0.1, 0.15) is 6.92 Å². The van der Waals surface area contributed by atoms with Crippen LogP contribution in [-0.2, 0) is 4.74 Å². The van der Waals surface area contributed by atoms with E-state index in [2.05, 4.69) is 26.3 Å². The number of hydrogen-bond acceptors (Lipinski definition) is 3. The van der Waals surface area contributed by atoms with Crippen molar-refractivity contribution >= 4 is 0 Å². The lowest BCUT2D eigenvalue weighted by molar-refractivity contribution is 0.0104. The van der Waals surface area contributed by atoms with Gasteiger partial charge in [-0.25, -0.2) is 0 Å². The summed E-state index contributed by atoms with van der Waals surface area (Å²) in [4.78, 5) is 0. The van der Waals surface area contributed by atoms with Crippen molar-refractivity contribution in [2.75, 3.05) is 19.8 Å². The third kappa shape index (κ3) is 22.8. The van der Waals surface area contributed by atoms with E-state index >= 15 is 0 Å². The van der Waals surface area contributed by atoms with Gasteiger partial charge in [-0.3, -0.25) is 0 Å². The van der Waals surface area contributed by atoms with Gasteiger partial charge in [-0.1, -0.05) is 0 Å². The van der Waals surface area contributed by atoms with Crippen LogP contribution in [0.25, 0.3) is 0 Å². The molecule has 3 heteroatoms. The summed E-state index contributed by atoms with van der Waals surface area (Å²) in [5.41, 5.74) is 0. The molecule has 3 nitrogen and oxygen atoms in total. The number of rotatable bonds is 4. The first kappa shape index (κ1) is 17.4. The van der Waals surface area contributed by atoms with Crippen LogP contribution in [0.3, 0.4) is 0 Å². The van der Waals surface area contributed by atoms with Crippen molar-refractivity contribution in [1.82, 2.24) is 0 Å². The second-order valence-electron chi connectivity index (χ2n) is 1.50. The van der Waals surface area contributed by atoms with Gasteiger partial charge in [-0.05, 0) is 6.92 Å². The van der Waals surface area contributed by atoms with Crippen LogP contribution in [-0.4, -0.2) is 36.1 Å². The van der Waals surface area contributed by atoms with Gasteiger partial charge in [0, 0.05) is 6.61 Å². The quantitative estimate of drug-likeness (QED) is 0.628. The van der Waals surface area contributed by atoms with E-state index in [0.29, 0.717) is 6.61 Å². The van der Waals surface area contributed by atoms with E-state index in [1.54, 1.807) is 0 Å². The Kier molecular flexibility index (Phi) is 32.6. The van der Waals surface area contributed by atoms with E-state index in [1.807, 2.05) is 6.92 Å². The Morgan fingerprint density at radius 3 is 1.92 bits per heavy atom. The van der Waals surface area contributed by atoms with Crippen molar-refractivity contribution < 1.29 is 14.9 Å². The van der Waals surface area contributed by atoms with E-state index < -0.39 is 6.10 Å². The van der Waals surface area contributed by atoms with Gasteiger partial charge in [-0.15, -0.1) is 26.3 Å². The fourth-order valence-corrected chi connectivity index (χ4v) is 0.307. The molecule has 74 valence electrons. The predicted octanol–water partition coefficient (Wildman–Crippen LogP) is 0.980. The monoisotopic (exact) mass is 176 g/mol. The molecule has 0 aromatic carbocycles. The number of aliphatic hydroxyl groups is 2. The van der Waals surface area contributed by atoms with Gasteiger partial charge in [0.25, 0.3) is 0 Å². The number of ether oxygens (including phenoxy) is 1. The summed E-state index contributed by atoms with van der Waals surface area (Å²) in [5, 5.41) is 16.8. The first-order chi connectivity index (χ1) is 5.81. The number of hydrogen-bond donors (Lipinski definition) is 2. The van der Waals surface area contributed by atoms with E-state index in [9.17, 15) is 0 Å². The number of aliphatic hydroxyl groups excluding tert-OH is 2. The fraction of sp³-hybridized carbons (Fsp3) is 0.556. The molecule has 0 aliphatic rings. The average Bonchev–Trinajstić information content (AvgIpc) is 2.20. The Bertz CT molecular complexity index is 64.8. The Morgan fingerprint density at radius 1 is 1.25 bits per heavy atom. The average molecular weight is 176 g/mol. The highest BCUT2D eigenvalue weighted by Crippen LogP contribution is 1.81. The van der Waals surface area contributed by atoms with Crippen LogP contribution in [0, 0.1) is 0 Å². The zero-order valence-corrected chi connectivity index (χ0v) is 7.83. The maximum atomic E-state index is 8.61. The first-order valence-corrected chi connectivity index (χ1v) is 3.68. The third-order valence-corrected chi connectivity index (χ3v) is 0.725. The molecular weight excluding hydrogens is 156 g/mol. The molecule has 12 heavy (non-hydrogen) atoms. The summed E-state index contributed by atoms with van der Waals surface area (Å²) in [6, 6.07) is 0. The molecule has 0 aromatic rings. The Hall–Kier alpha value is -0.640. The van der Waals surface area contributed by atoms with Gasteiger partial charge in [0.1, 0.15) is 6.10 Å². The summed E-state index contributed by atoms with van der Waals surface area (Å²) >= 11 is 0. The maximum absolute atomic E-state index is 8.61. The van der Waals surface area contributed by atoms with Crippen molar-refractivity contribution in [2.45, 2.75) is 13.0 Å². The molecule has 0 aromatic heterocycles. The molecule has 0 heterocycles. The van der Waals surface area contributed by atoms with Crippen LogP contribution >= 0.6 is 0 Å². The molecule has 0 saturated carbocycles. The van der Waals surface area contributed by atoms with Crippen molar-refractivity contribution in [3.8, 4) is 0 Å². The summed E-state index contributed by atoms with van der Waals surface area (Å²) in [7, 11) is 0. The highest BCUT2D eigenvalue weighted by Gasteiger charge is 1.98. The van der Waals surface area contributed by atoms with E-state index in [1.165, 1.54) is 0 Å². The predicted molar refractivity (Wildman–Crippen MR) is 52.1 cm³/mol. The zero-order valence-electron chi connectivity index (χ0n) is 7.83. The van der Waals surface area contributed by atoms with Crippen LogP contribution in [0.15, 0.2) is 26.3 Å². The standard InChI is InChI=1S/C5H12O3.2C2H4/c1-2-8-4-5(7)3-6;2*1-2/h5-7H,2-4H2,1H3;2*1-2H2. The third-order valence-electron chi connectivity index (χ3n) is 0.725. The minimum atomic E-state index is -0.713. The van der Waals surface area contributed by atoms with Crippen molar-refractivity contribution in [3.05, 3.63) is 26.3 Å². The van der Waals surface area contributed by atoms with E-state index in [-0.39, 0.29) is 13.2 Å². The van der Waals surface area contributed by atoms with Gasteiger partial charge in [0.05, 0.1) is 13.2 Å². The van der Waals surface area contributed by atoms with Crippen molar-refractivity contribution in [3.63, 3.8) is 0 Å². The Labute approximate surface area is 75.0 Å². The lowest BCUT2D eigenvalue weighted by Gasteiger charge is -2.04. The molecule has 0 amide bonds. The first-order valence-electron chi connectivity index (χ1n) is 3.68. The van der Waals surface area contributed by atoms with Crippen LogP contribution in [0.2, 0.25) is 0 Å². The molecule has 0 radical (unpaired) electrons. The minimum Gasteiger partial charge on any atom is -0.394 e. The molecule has 0 saturated heterocycles. The van der Waals surface area contributed by atoms with Crippen LogP contribution < -0.4 is 0 Å². The van der Waals surface area contributed by atoms with Crippen molar-refractivity contribution in [2.24, 2.45) is 0 Å². The fourth-order valence-electron chi connectivity index (χ4n) is 0.307. The SMILES string of the molecule is C=C.C=C.CCOCC(O)CO. The smallest absolute Gasteiger partial charge is 0.100 e. The molecular formula is C9H20O3. The summed E-state index contributed by atoms with van der Waals surface area (Å²) in [5.74, 6) is 0. The highest BCUT2D eigenvalue weighted by atomic mass is 16.5. The van der Waals surface area contributed by atoms with Gasteiger partial charge in [-0.2, -0.15) is 0 Å². The molecule has 0 fully saturated rings. The lowest BCUT2D eigenvalue weighted by atomic mass is 10.4. The molecule has 2 N–H and O–H groups in total. The molecule has 0 spiro atoms. The van der Waals surface area contributed by atoms with E-state index in [0.717, 1.165) is 0 Å². The molecule has 1 unspecified atom stereocenters. The van der Waals surface area contributed by atoms with Gasteiger partial charge < -0.3 is 14.9 Å². The van der Waals surface area contributed by atoms with E-state index in [4.69, 9.17) is 14.9 Å².